The van der Waals surface area contributed by atoms with Gasteiger partial charge in [-0.05, 0) is 44.9 Å². The Morgan fingerprint density at radius 1 is 1.33 bits per heavy atom. The van der Waals surface area contributed by atoms with E-state index in [2.05, 4.69) is 55.4 Å². The highest BCUT2D eigenvalue weighted by Crippen LogP contribution is 2.30. The molecule has 98 valence electrons. The van der Waals surface area contributed by atoms with Gasteiger partial charge in [-0.1, -0.05) is 19.4 Å². The highest BCUT2D eigenvalue weighted by Gasteiger charge is 2.24. The van der Waals surface area contributed by atoms with Crippen LogP contribution in [0.3, 0.4) is 0 Å². The minimum Gasteiger partial charge on any atom is -0.321 e. The Kier molecular flexibility index (Phi) is 3.67. The van der Waals surface area contributed by atoms with Gasteiger partial charge in [0.25, 0.3) is 0 Å². The second-order valence-corrected chi connectivity index (χ2v) is 5.82. The zero-order valence-electron chi connectivity index (χ0n) is 11.6. The van der Waals surface area contributed by atoms with E-state index in [1.54, 1.807) is 0 Å². The van der Waals surface area contributed by atoms with Crippen LogP contribution in [0.5, 0.6) is 0 Å². The maximum atomic E-state index is 6.07. The van der Waals surface area contributed by atoms with Crippen molar-refractivity contribution in [2.75, 3.05) is 0 Å². The third-order valence-corrected chi connectivity index (χ3v) is 3.71. The number of halogens is 1. The first-order chi connectivity index (χ1) is 8.49. The number of rotatable bonds is 4. The summed E-state index contributed by atoms with van der Waals surface area (Å²) in [7, 11) is 0. The Bertz CT molecular complexity index is 555. The van der Waals surface area contributed by atoms with Crippen LogP contribution in [0.1, 0.15) is 45.0 Å². The van der Waals surface area contributed by atoms with Crippen molar-refractivity contribution in [3.63, 3.8) is 0 Å². The Balaban J connectivity index is 2.67. The summed E-state index contributed by atoms with van der Waals surface area (Å²) in [6, 6.07) is 6.43. The Hall–Kier alpha value is -1.02. The number of aromatic nitrogens is 2. The lowest BCUT2D eigenvalue weighted by Gasteiger charge is -2.29. The molecule has 0 saturated carbocycles. The molecule has 0 unspecified atom stereocenters. The van der Waals surface area contributed by atoms with E-state index >= 15 is 0 Å². The summed E-state index contributed by atoms with van der Waals surface area (Å²) < 4.78 is 2.30. The standard InChI is InChI=1S/C15H21ClN2/c1-5-8-15(3,4)18-13-7-6-11(2)9-12(13)17-14(18)10-16/h6-7,9H,5,8,10H2,1-4H3. The van der Waals surface area contributed by atoms with E-state index in [-0.39, 0.29) is 5.54 Å². The first kappa shape index (κ1) is 13.4. The molecule has 1 aromatic heterocycles. The molecule has 0 aliphatic rings. The van der Waals surface area contributed by atoms with Crippen LogP contribution in [0.15, 0.2) is 18.2 Å². The Morgan fingerprint density at radius 2 is 2.06 bits per heavy atom. The summed E-state index contributed by atoms with van der Waals surface area (Å²) in [5.74, 6) is 1.43. The van der Waals surface area contributed by atoms with E-state index in [9.17, 15) is 0 Å². The van der Waals surface area contributed by atoms with E-state index in [1.807, 2.05) is 0 Å². The van der Waals surface area contributed by atoms with Crippen molar-refractivity contribution in [2.24, 2.45) is 0 Å². The fourth-order valence-electron chi connectivity index (χ4n) is 2.73. The second kappa shape index (κ2) is 4.93. The van der Waals surface area contributed by atoms with E-state index in [0.29, 0.717) is 5.88 Å². The zero-order chi connectivity index (χ0) is 13.3. The van der Waals surface area contributed by atoms with Gasteiger partial charge in [0.15, 0.2) is 0 Å². The fourth-order valence-corrected chi connectivity index (χ4v) is 2.91. The van der Waals surface area contributed by atoms with Crippen LogP contribution in [0.2, 0.25) is 0 Å². The van der Waals surface area contributed by atoms with Gasteiger partial charge in [-0.2, -0.15) is 0 Å². The largest absolute Gasteiger partial charge is 0.321 e. The van der Waals surface area contributed by atoms with E-state index in [1.165, 1.54) is 11.1 Å². The van der Waals surface area contributed by atoms with Crippen molar-refractivity contribution in [3.8, 4) is 0 Å². The smallest absolute Gasteiger partial charge is 0.125 e. The van der Waals surface area contributed by atoms with Gasteiger partial charge in [0.1, 0.15) is 5.82 Å². The number of aryl methyl sites for hydroxylation is 1. The number of benzene rings is 1. The number of imidazole rings is 1. The molecule has 0 aliphatic carbocycles. The van der Waals surface area contributed by atoms with Gasteiger partial charge in [-0.15, -0.1) is 11.6 Å². The van der Waals surface area contributed by atoms with Crippen LogP contribution in [-0.2, 0) is 11.4 Å². The van der Waals surface area contributed by atoms with Crippen LogP contribution < -0.4 is 0 Å². The topological polar surface area (TPSA) is 17.8 Å². The van der Waals surface area contributed by atoms with Gasteiger partial charge in [0.05, 0.1) is 16.9 Å². The summed E-state index contributed by atoms with van der Waals surface area (Å²) in [4.78, 5) is 4.67. The summed E-state index contributed by atoms with van der Waals surface area (Å²) in [5.41, 5.74) is 3.54. The molecule has 0 amide bonds. The van der Waals surface area contributed by atoms with Crippen LogP contribution >= 0.6 is 11.6 Å². The van der Waals surface area contributed by atoms with Crippen molar-refractivity contribution in [1.82, 2.24) is 9.55 Å². The predicted octanol–water partition coefficient (Wildman–Crippen LogP) is 4.62. The molecule has 0 aliphatic heterocycles. The van der Waals surface area contributed by atoms with Crippen molar-refractivity contribution in [2.45, 2.75) is 52.0 Å². The molecule has 1 aromatic carbocycles. The van der Waals surface area contributed by atoms with Crippen LogP contribution in [0, 0.1) is 6.92 Å². The van der Waals surface area contributed by atoms with E-state index in [4.69, 9.17) is 11.6 Å². The highest BCUT2D eigenvalue weighted by atomic mass is 35.5. The van der Waals surface area contributed by atoms with E-state index < -0.39 is 0 Å². The van der Waals surface area contributed by atoms with Crippen LogP contribution in [0.4, 0.5) is 0 Å². The maximum Gasteiger partial charge on any atom is 0.125 e. The van der Waals surface area contributed by atoms with Gasteiger partial charge in [-0.3, -0.25) is 0 Å². The fraction of sp³-hybridized carbons (Fsp3) is 0.533. The number of fused-ring (bicyclic) bond motifs is 1. The molecule has 0 bridgehead atoms. The average molecular weight is 265 g/mol. The van der Waals surface area contributed by atoms with E-state index in [0.717, 1.165) is 24.2 Å². The number of hydrogen-bond acceptors (Lipinski definition) is 1. The molecule has 0 radical (unpaired) electrons. The minimum absolute atomic E-state index is 0.0585. The van der Waals surface area contributed by atoms with Crippen LogP contribution in [-0.4, -0.2) is 9.55 Å². The molecule has 2 aromatic rings. The lowest BCUT2D eigenvalue weighted by atomic mass is 9.98. The van der Waals surface area contributed by atoms with Gasteiger partial charge < -0.3 is 4.57 Å². The molecule has 0 atom stereocenters. The molecular formula is C15H21ClN2. The number of hydrogen-bond donors (Lipinski definition) is 0. The summed E-state index contributed by atoms with van der Waals surface area (Å²) in [6.07, 6.45) is 2.27. The number of nitrogens with zero attached hydrogens (tertiary/aromatic N) is 2. The monoisotopic (exact) mass is 264 g/mol. The molecular weight excluding hydrogens is 244 g/mol. The molecule has 0 saturated heterocycles. The quantitative estimate of drug-likeness (QED) is 0.737. The summed E-state index contributed by atoms with van der Waals surface area (Å²) >= 11 is 6.07. The van der Waals surface area contributed by atoms with Crippen LogP contribution in [0.25, 0.3) is 11.0 Å². The lowest BCUT2D eigenvalue weighted by Crippen LogP contribution is -2.27. The molecule has 0 N–H and O–H groups in total. The molecule has 18 heavy (non-hydrogen) atoms. The lowest BCUT2D eigenvalue weighted by molar-refractivity contribution is 0.326. The van der Waals surface area contributed by atoms with Crippen molar-refractivity contribution in [3.05, 3.63) is 29.6 Å². The Labute approximate surface area is 114 Å². The third kappa shape index (κ3) is 2.26. The van der Waals surface area contributed by atoms with Crippen molar-refractivity contribution < 1.29 is 0 Å². The average Bonchev–Trinajstić information content (AvgIpc) is 2.66. The summed E-state index contributed by atoms with van der Waals surface area (Å²) in [5, 5.41) is 0. The third-order valence-electron chi connectivity index (χ3n) is 3.47. The number of alkyl halides is 1. The first-order valence-electron chi connectivity index (χ1n) is 6.54. The normalized spacial score (nSPS) is 12.3. The molecule has 2 rings (SSSR count). The van der Waals surface area contributed by atoms with Crippen molar-refractivity contribution >= 4 is 22.6 Å². The first-order valence-corrected chi connectivity index (χ1v) is 7.07. The van der Waals surface area contributed by atoms with Gasteiger partial charge >= 0.3 is 0 Å². The highest BCUT2D eigenvalue weighted by molar-refractivity contribution is 6.16. The second-order valence-electron chi connectivity index (χ2n) is 5.55. The molecule has 3 heteroatoms. The molecule has 0 fully saturated rings. The Morgan fingerprint density at radius 3 is 2.67 bits per heavy atom. The van der Waals surface area contributed by atoms with Gasteiger partial charge in [-0.25, -0.2) is 4.98 Å². The predicted molar refractivity (Wildman–Crippen MR) is 78.3 cm³/mol. The minimum atomic E-state index is 0.0585. The molecule has 2 nitrogen and oxygen atoms in total. The van der Waals surface area contributed by atoms with Crippen molar-refractivity contribution in [1.29, 1.82) is 0 Å². The molecule has 1 heterocycles. The maximum absolute atomic E-state index is 6.07. The van der Waals surface area contributed by atoms with Gasteiger partial charge in [0.2, 0.25) is 0 Å². The van der Waals surface area contributed by atoms with Gasteiger partial charge in [0, 0.05) is 5.54 Å². The SMILES string of the molecule is CCCC(C)(C)n1c(CCl)nc2cc(C)ccc21. The zero-order valence-corrected chi connectivity index (χ0v) is 12.4. The molecule has 0 spiro atoms. The summed E-state index contributed by atoms with van der Waals surface area (Å²) in [6.45, 7) is 8.82.